The Morgan fingerprint density at radius 3 is 2.33 bits per heavy atom. The number of ether oxygens (including phenoxy) is 1. The summed E-state index contributed by atoms with van der Waals surface area (Å²) in [7, 11) is 1.58. The third-order valence-corrected chi connectivity index (χ3v) is 10.7. The quantitative estimate of drug-likeness (QED) is 0.194. The minimum atomic E-state index is -0.438. The molecular formula is C38H51F2N3OS. The van der Waals surface area contributed by atoms with Crippen LogP contribution < -0.4 is 0 Å². The highest BCUT2D eigenvalue weighted by Crippen LogP contribution is 2.43. The fourth-order valence-electron chi connectivity index (χ4n) is 6.10. The molecule has 3 rings (SSSR count). The molecule has 4 nitrogen and oxygen atoms in total. The molecule has 3 atom stereocenters. The minimum Gasteiger partial charge on any atom is -0.481 e. The summed E-state index contributed by atoms with van der Waals surface area (Å²) in [5.74, 6) is 0.720. The molecule has 0 saturated carbocycles. The van der Waals surface area contributed by atoms with Gasteiger partial charge in [0.15, 0.2) is 0 Å². The van der Waals surface area contributed by atoms with Crippen molar-refractivity contribution in [3.05, 3.63) is 75.2 Å². The molecule has 1 aromatic carbocycles. The van der Waals surface area contributed by atoms with E-state index in [0.717, 1.165) is 49.2 Å². The maximum absolute atomic E-state index is 16.5. The molecule has 2 aromatic rings. The van der Waals surface area contributed by atoms with Gasteiger partial charge in [-0.25, -0.2) is 13.8 Å². The smallest absolute Gasteiger partial charge is 0.209 e. The van der Waals surface area contributed by atoms with Gasteiger partial charge in [-0.1, -0.05) is 67.4 Å². The largest absolute Gasteiger partial charge is 0.481 e. The summed E-state index contributed by atoms with van der Waals surface area (Å²) >= 11 is 1.27. The number of nitriles is 1. The number of fused-ring (bicyclic) bond motifs is 1. The number of aliphatic imine (C=N–C) groups is 1. The van der Waals surface area contributed by atoms with Gasteiger partial charge in [-0.05, 0) is 80.7 Å². The number of benzene rings is 1. The van der Waals surface area contributed by atoms with Crippen LogP contribution >= 0.6 is 11.3 Å². The van der Waals surface area contributed by atoms with Crippen molar-refractivity contribution in [1.29, 1.82) is 5.26 Å². The molecule has 0 saturated heterocycles. The van der Waals surface area contributed by atoms with Crippen LogP contribution in [-0.2, 0) is 4.74 Å². The van der Waals surface area contributed by atoms with Crippen LogP contribution in [0.1, 0.15) is 116 Å². The number of hydrogen-bond acceptors (Lipinski definition) is 5. The number of methoxy groups -OCH3 is 1. The minimum absolute atomic E-state index is 0.0292. The highest BCUT2D eigenvalue weighted by molar-refractivity contribution is 7.19. The van der Waals surface area contributed by atoms with E-state index < -0.39 is 11.6 Å². The fourth-order valence-corrected chi connectivity index (χ4v) is 7.29. The van der Waals surface area contributed by atoms with Gasteiger partial charge in [0.25, 0.3) is 0 Å². The van der Waals surface area contributed by atoms with Crippen molar-refractivity contribution >= 4 is 32.7 Å². The molecule has 1 aliphatic rings. The first-order valence-corrected chi connectivity index (χ1v) is 17.3. The van der Waals surface area contributed by atoms with E-state index in [1.807, 2.05) is 26.8 Å². The number of rotatable bonds is 14. The molecule has 1 aliphatic carbocycles. The molecule has 0 amide bonds. The maximum Gasteiger partial charge on any atom is 0.209 e. The molecule has 0 aliphatic heterocycles. The van der Waals surface area contributed by atoms with Gasteiger partial charge in [0.05, 0.1) is 23.1 Å². The summed E-state index contributed by atoms with van der Waals surface area (Å²) in [4.78, 5) is 8.12. The van der Waals surface area contributed by atoms with Crippen LogP contribution in [0.5, 0.6) is 0 Å². The summed E-state index contributed by atoms with van der Waals surface area (Å²) in [6, 6.07) is 5.54. The van der Waals surface area contributed by atoms with Crippen molar-refractivity contribution in [3.63, 3.8) is 0 Å². The molecule has 3 unspecified atom stereocenters. The fraction of sp³-hybridized carbons (Fsp3) is 0.526. The van der Waals surface area contributed by atoms with Crippen LogP contribution in [0.3, 0.4) is 0 Å². The van der Waals surface area contributed by atoms with Gasteiger partial charge in [0, 0.05) is 39.7 Å². The lowest BCUT2D eigenvalue weighted by atomic mass is 9.87. The van der Waals surface area contributed by atoms with Crippen molar-refractivity contribution in [1.82, 2.24) is 4.90 Å². The Hall–Kier alpha value is -3.24. The topological polar surface area (TPSA) is 48.6 Å². The van der Waals surface area contributed by atoms with E-state index >= 15 is 8.78 Å². The highest BCUT2D eigenvalue weighted by atomic mass is 32.1. The van der Waals surface area contributed by atoms with Gasteiger partial charge in [-0.3, -0.25) is 0 Å². The zero-order valence-electron chi connectivity index (χ0n) is 28.9. The summed E-state index contributed by atoms with van der Waals surface area (Å²) in [5.41, 5.74) is 3.40. The van der Waals surface area contributed by atoms with Crippen molar-refractivity contribution in [2.24, 2.45) is 16.8 Å². The Labute approximate surface area is 273 Å². The van der Waals surface area contributed by atoms with Gasteiger partial charge < -0.3 is 9.64 Å². The Morgan fingerprint density at radius 2 is 1.78 bits per heavy atom. The molecule has 1 heterocycles. The Morgan fingerprint density at radius 1 is 1.07 bits per heavy atom. The molecule has 0 fully saturated rings. The molecular weight excluding hydrogens is 585 g/mol. The van der Waals surface area contributed by atoms with E-state index in [2.05, 4.69) is 52.5 Å². The normalized spacial score (nSPS) is 18.0. The van der Waals surface area contributed by atoms with Gasteiger partial charge >= 0.3 is 0 Å². The van der Waals surface area contributed by atoms with Gasteiger partial charge in [0.2, 0.25) is 5.88 Å². The lowest BCUT2D eigenvalue weighted by Crippen LogP contribution is -2.39. The van der Waals surface area contributed by atoms with Gasteiger partial charge in [-0.2, -0.15) is 5.26 Å². The summed E-state index contributed by atoms with van der Waals surface area (Å²) in [5, 5.41) is 10.6. The number of halogens is 2. The second-order valence-corrected chi connectivity index (χ2v) is 13.5. The first kappa shape index (κ1) is 36.2. The second-order valence-electron chi connectivity index (χ2n) is 12.4. The summed E-state index contributed by atoms with van der Waals surface area (Å²) < 4.78 is 37.6. The second kappa shape index (κ2) is 16.4. The van der Waals surface area contributed by atoms with Crippen LogP contribution in [0.15, 0.2) is 58.3 Å². The zero-order chi connectivity index (χ0) is 33.4. The van der Waals surface area contributed by atoms with Crippen LogP contribution in [-0.4, -0.2) is 30.3 Å². The Balaban J connectivity index is 2.31. The predicted octanol–water partition coefficient (Wildman–Crippen LogP) is 11.5. The average molecular weight is 636 g/mol. The first-order valence-electron chi connectivity index (χ1n) is 16.5. The van der Waals surface area contributed by atoms with E-state index in [1.54, 1.807) is 25.3 Å². The molecule has 0 spiro atoms. The molecule has 0 N–H and O–H groups in total. The predicted molar refractivity (Wildman–Crippen MR) is 188 cm³/mol. The first-order chi connectivity index (χ1) is 21.5. The summed E-state index contributed by atoms with van der Waals surface area (Å²) in [6.07, 6.45) is 10.3. The number of hydrogen-bond donors (Lipinski definition) is 0. The van der Waals surface area contributed by atoms with Crippen LogP contribution in [0.25, 0.3) is 15.7 Å². The standard InChI is InChI=1S/C38H51F2N3OS/c1-11-15-35(44-10)42-33-21-29(27-17-18-31(39)38-36(27)30(22-41)37(45-38)23(5)6)32(40)20-28(33)26(9)43(14-4)34(25(8)13-3)19-16-24(7)12-2/h15,17-18,20-21,23-25,34H,11-14,16,19H2,1-10H3/b28-26+,35-15-,42-33-. The number of nitrogens with zero attached hydrogens (tertiary/aromatic N) is 3. The van der Waals surface area contributed by atoms with E-state index in [0.29, 0.717) is 56.3 Å². The third kappa shape index (κ3) is 7.95. The third-order valence-electron chi connectivity index (χ3n) is 9.16. The lowest BCUT2D eigenvalue weighted by molar-refractivity contribution is 0.175. The van der Waals surface area contributed by atoms with E-state index in [9.17, 15) is 5.26 Å². The molecule has 1 aromatic heterocycles. The van der Waals surface area contributed by atoms with Gasteiger partial charge in [-0.15, -0.1) is 11.3 Å². The molecule has 0 radical (unpaired) electrons. The number of allylic oxidation sites excluding steroid dienone is 7. The lowest BCUT2D eigenvalue weighted by Gasteiger charge is -2.39. The van der Waals surface area contributed by atoms with Crippen LogP contribution in [0.4, 0.5) is 8.78 Å². The maximum atomic E-state index is 16.5. The average Bonchev–Trinajstić information content (AvgIpc) is 3.44. The highest BCUT2D eigenvalue weighted by Gasteiger charge is 2.29. The van der Waals surface area contributed by atoms with Crippen molar-refractivity contribution < 1.29 is 13.5 Å². The van der Waals surface area contributed by atoms with Crippen LogP contribution in [0, 0.1) is 29.0 Å². The van der Waals surface area contributed by atoms with Crippen molar-refractivity contribution in [3.8, 4) is 6.07 Å². The van der Waals surface area contributed by atoms with Gasteiger partial charge in [0.1, 0.15) is 17.7 Å². The zero-order valence-corrected chi connectivity index (χ0v) is 29.7. The molecule has 244 valence electrons. The SMILES string of the molecule is CC/C=C(/N=C1/C=C(c2ccc(F)c3sc(C(C)C)c(C#N)c23)C(F)=C/C1=C(/C)N(CC)C(CCC(C)CC)C(C)CC)OC. The molecule has 45 heavy (non-hydrogen) atoms. The Kier molecular flexibility index (Phi) is 13.2. The van der Waals surface area contributed by atoms with Crippen molar-refractivity contribution in [2.75, 3.05) is 13.7 Å². The number of thiophene rings is 1. The monoisotopic (exact) mass is 635 g/mol. The molecule has 7 heteroatoms. The van der Waals surface area contributed by atoms with E-state index in [4.69, 9.17) is 9.73 Å². The summed E-state index contributed by atoms with van der Waals surface area (Å²) in [6.45, 7) is 20.0. The van der Waals surface area contributed by atoms with E-state index in [-0.39, 0.29) is 11.5 Å². The Bertz CT molecular complexity index is 1550. The van der Waals surface area contributed by atoms with E-state index in [1.165, 1.54) is 17.4 Å². The molecule has 0 bridgehead atoms. The van der Waals surface area contributed by atoms with Crippen LogP contribution in [0.2, 0.25) is 0 Å². The van der Waals surface area contributed by atoms with Crippen molar-refractivity contribution in [2.45, 2.75) is 106 Å².